The Labute approximate surface area is 220 Å². The van der Waals surface area contributed by atoms with Crippen LogP contribution in [0.15, 0.2) is 60.2 Å². The molecule has 0 aliphatic heterocycles. The lowest BCUT2D eigenvalue weighted by Gasteiger charge is -2.16. The molecule has 1 atom stereocenters. The molecule has 4 aromatic rings. The average molecular weight is 540 g/mol. The standard InChI is InChI=1S/C25H23F2N7O3S/c1-36-24(35)14-33-29-13-21(32-33)18-10-20(27)22(11-19(18)26)37-15-23-30-31-25(38-17-7-3-2-4-8-17)34(23)16-6-5-9-28-12-16/h3,5-7,9-13,17H,2,4,8,14-15H2,1H3/t17-/m0/s1. The number of ether oxygens (including phenoxy) is 2. The molecular formula is C25H23F2N7O3S. The molecule has 0 amide bonds. The molecule has 38 heavy (non-hydrogen) atoms. The van der Waals surface area contributed by atoms with Gasteiger partial charge in [-0.2, -0.15) is 15.0 Å². The van der Waals surface area contributed by atoms with E-state index in [-0.39, 0.29) is 35.4 Å². The van der Waals surface area contributed by atoms with E-state index in [1.54, 1.807) is 30.2 Å². The van der Waals surface area contributed by atoms with Crippen molar-refractivity contribution in [3.05, 3.63) is 72.5 Å². The number of rotatable bonds is 9. The van der Waals surface area contributed by atoms with Gasteiger partial charge >= 0.3 is 5.97 Å². The zero-order chi connectivity index (χ0) is 26.5. The molecule has 0 saturated heterocycles. The highest BCUT2D eigenvalue weighted by atomic mass is 32.2. The molecule has 0 saturated carbocycles. The first-order valence-corrected chi connectivity index (χ1v) is 12.7. The summed E-state index contributed by atoms with van der Waals surface area (Å²) in [6.07, 6.45) is 12.1. The van der Waals surface area contributed by atoms with Crippen molar-refractivity contribution in [2.24, 2.45) is 0 Å². The quantitative estimate of drug-likeness (QED) is 0.229. The Morgan fingerprint density at radius 1 is 1.21 bits per heavy atom. The van der Waals surface area contributed by atoms with E-state index in [2.05, 4.69) is 42.3 Å². The maximum atomic E-state index is 14.9. The number of halogens is 2. The summed E-state index contributed by atoms with van der Waals surface area (Å²) in [5.74, 6) is -2.01. The molecule has 0 bridgehead atoms. The number of pyridine rings is 1. The van der Waals surface area contributed by atoms with Crippen LogP contribution in [0.25, 0.3) is 16.9 Å². The Kier molecular flexibility index (Phi) is 7.73. The Bertz CT molecular complexity index is 1460. The number of esters is 1. The Morgan fingerprint density at radius 3 is 2.87 bits per heavy atom. The van der Waals surface area contributed by atoms with Gasteiger partial charge in [0.2, 0.25) is 0 Å². The Balaban J connectivity index is 1.36. The summed E-state index contributed by atoms with van der Waals surface area (Å²) >= 11 is 1.58. The monoisotopic (exact) mass is 539 g/mol. The van der Waals surface area contributed by atoms with E-state index in [0.29, 0.717) is 11.0 Å². The maximum absolute atomic E-state index is 14.9. The van der Waals surface area contributed by atoms with Crippen molar-refractivity contribution in [1.29, 1.82) is 0 Å². The minimum Gasteiger partial charge on any atom is -0.482 e. The van der Waals surface area contributed by atoms with Crippen LogP contribution in [0.5, 0.6) is 5.75 Å². The highest BCUT2D eigenvalue weighted by Crippen LogP contribution is 2.32. The number of methoxy groups -OCH3 is 1. The second kappa shape index (κ2) is 11.5. The van der Waals surface area contributed by atoms with Crippen LogP contribution in [0.2, 0.25) is 0 Å². The first kappa shape index (κ1) is 25.5. The van der Waals surface area contributed by atoms with Crippen LogP contribution in [0, 0.1) is 11.6 Å². The fraction of sp³-hybridized carbons (Fsp3) is 0.280. The van der Waals surface area contributed by atoms with Gasteiger partial charge in [-0.05, 0) is 37.5 Å². The van der Waals surface area contributed by atoms with Crippen molar-refractivity contribution in [3.8, 4) is 22.7 Å². The number of aromatic nitrogens is 7. The number of nitrogens with zero attached hydrogens (tertiary/aromatic N) is 7. The molecule has 3 heterocycles. The number of hydrogen-bond acceptors (Lipinski definition) is 9. The number of allylic oxidation sites excluding steroid dienone is 1. The van der Waals surface area contributed by atoms with Gasteiger partial charge in [-0.15, -0.1) is 10.2 Å². The van der Waals surface area contributed by atoms with E-state index < -0.39 is 17.6 Å². The number of thioether (sulfide) groups is 1. The molecule has 3 aromatic heterocycles. The van der Waals surface area contributed by atoms with E-state index in [9.17, 15) is 13.6 Å². The van der Waals surface area contributed by atoms with Crippen LogP contribution in [-0.4, -0.2) is 53.1 Å². The fourth-order valence-corrected chi connectivity index (χ4v) is 5.03. The van der Waals surface area contributed by atoms with Gasteiger partial charge in [-0.3, -0.25) is 9.55 Å². The highest BCUT2D eigenvalue weighted by molar-refractivity contribution is 7.99. The van der Waals surface area contributed by atoms with Gasteiger partial charge in [-0.25, -0.2) is 13.6 Å². The van der Waals surface area contributed by atoms with E-state index in [4.69, 9.17) is 4.74 Å². The van der Waals surface area contributed by atoms with Crippen molar-refractivity contribution in [3.63, 3.8) is 0 Å². The van der Waals surface area contributed by atoms with Gasteiger partial charge in [0.25, 0.3) is 0 Å². The smallest absolute Gasteiger partial charge is 0.329 e. The lowest BCUT2D eigenvalue weighted by atomic mass is 10.1. The summed E-state index contributed by atoms with van der Waals surface area (Å²) < 4.78 is 41.9. The van der Waals surface area contributed by atoms with Crippen molar-refractivity contribution in [2.75, 3.05) is 7.11 Å². The van der Waals surface area contributed by atoms with Crippen LogP contribution in [-0.2, 0) is 22.7 Å². The SMILES string of the molecule is COC(=O)Cn1ncc(-c2cc(F)c(OCc3nnc(S[C@H]4C=CCCC4)n3-c3cccnc3)cc2F)n1. The average Bonchev–Trinajstić information content (AvgIpc) is 3.56. The Morgan fingerprint density at radius 2 is 2.11 bits per heavy atom. The van der Waals surface area contributed by atoms with E-state index in [1.165, 1.54) is 13.3 Å². The van der Waals surface area contributed by atoms with Gasteiger partial charge < -0.3 is 9.47 Å². The predicted molar refractivity (Wildman–Crippen MR) is 134 cm³/mol. The molecular weight excluding hydrogens is 516 g/mol. The molecule has 13 heteroatoms. The molecule has 0 fully saturated rings. The summed E-state index contributed by atoms with van der Waals surface area (Å²) in [6.45, 7) is -0.412. The normalized spacial score (nSPS) is 15.0. The van der Waals surface area contributed by atoms with E-state index in [0.717, 1.165) is 41.9 Å². The summed E-state index contributed by atoms with van der Waals surface area (Å²) in [7, 11) is 1.23. The molecule has 0 unspecified atom stereocenters. The summed E-state index contributed by atoms with van der Waals surface area (Å²) in [5.41, 5.74) is 0.672. The summed E-state index contributed by atoms with van der Waals surface area (Å²) in [4.78, 5) is 16.6. The lowest BCUT2D eigenvalue weighted by molar-refractivity contribution is -0.141. The minimum atomic E-state index is -0.793. The molecule has 1 aliphatic rings. The number of carbonyl (C=O) groups excluding carboxylic acids is 1. The van der Waals surface area contributed by atoms with Gasteiger partial charge in [0.1, 0.15) is 18.1 Å². The molecule has 1 aliphatic carbocycles. The zero-order valence-corrected chi connectivity index (χ0v) is 21.1. The predicted octanol–water partition coefficient (Wildman–Crippen LogP) is 4.15. The largest absolute Gasteiger partial charge is 0.482 e. The van der Waals surface area contributed by atoms with Gasteiger partial charge in [0.05, 0.1) is 25.2 Å². The van der Waals surface area contributed by atoms with E-state index in [1.807, 2.05) is 10.6 Å². The molecule has 1 aromatic carbocycles. The van der Waals surface area contributed by atoms with Gasteiger partial charge in [0.15, 0.2) is 29.1 Å². The van der Waals surface area contributed by atoms with Crippen LogP contribution in [0.3, 0.4) is 0 Å². The maximum Gasteiger partial charge on any atom is 0.329 e. The first-order chi connectivity index (χ1) is 18.5. The second-order valence-electron chi connectivity index (χ2n) is 8.35. The molecule has 5 rings (SSSR count). The van der Waals surface area contributed by atoms with Gasteiger partial charge in [0, 0.05) is 23.1 Å². The Hall–Kier alpha value is -4.13. The molecule has 0 spiro atoms. The minimum absolute atomic E-state index is 0.0617. The zero-order valence-electron chi connectivity index (χ0n) is 20.3. The van der Waals surface area contributed by atoms with Crippen molar-refractivity contribution in [1.82, 2.24) is 34.7 Å². The van der Waals surface area contributed by atoms with Crippen molar-refractivity contribution < 1.29 is 23.0 Å². The molecule has 0 N–H and O–H groups in total. The number of hydrogen-bond donors (Lipinski definition) is 0. The van der Waals surface area contributed by atoms with Crippen molar-refractivity contribution in [2.45, 2.75) is 42.8 Å². The third kappa shape index (κ3) is 5.72. The first-order valence-electron chi connectivity index (χ1n) is 11.8. The second-order valence-corrected chi connectivity index (χ2v) is 9.55. The highest BCUT2D eigenvalue weighted by Gasteiger charge is 2.21. The molecule has 196 valence electrons. The summed E-state index contributed by atoms with van der Waals surface area (Å²) in [6, 6.07) is 5.57. The van der Waals surface area contributed by atoms with Crippen LogP contribution in [0.1, 0.15) is 25.1 Å². The van der Waals surface area contributed by atoms with Crippen LogP contribution < -0.4 is 4.74 Å². The molecule has 10 nitrogen and oxygen atoms in total. The van der Waals surface area contributed by atoms with Crippen LogP contribution >= 0.6 is 11.8 Å². The van der Waals surface area contributed by atoms with E-state index >= 15 is 0 Å². The van der Waals surface area contributed by atoms with Crippen LogP contribution in [0.4, 0.5) is 8.78 Å². The summed E-state index contributed by atoms with van der Waals surface area (Å²) in [5, 5.41) is 17.4. The topological polar surface area (TPSA) is 110 Å². The van der Waals surface area contributed by atoms with Crippen molar-refractivity contribution >= 4 is 17.7 Å². The fourth-order valence-electron chi connectivity index (χ4n) is 3.88. The number of benzene rings is 1. The third-order valence-electron chi connectivity index (χ3n) is 5.76. The third-order valence-corrected chi connectivity index (χ3v) is 6.93. The number of carbonyl (C=O) groups is 1. The lowest BCUT2D eigenvalue weighted by Crippen LogP contribution is -2.13. The van der Waals surface area contributed by atoms with Gasteiger partial charge in [-0.1, -0.05) is 23.9 Å². The molecule has 0 radical (unpaired) electrons.